The van der Waals surface area contributed by atoms with E-state index < -0.39 is 0 Å². The molecule has 0 aliphatic heterocycles. The lowest BCUT2D eigenvalue weighted by Gasteiger charge is -2.48. The Kier molecular flexibility index (Phi) is 5.24. The van der Waals surface area contributed by atoms with Crippen molar-refractivity contribution >= 4 is 0 Å². The van der Waals surface area contributed by atoms with E-state index in [0.717, 1.165) is 6.42 Å². The van der Waals surface area contributed by atoms with Crippen LogP contribution in [0, 0.1) is 12.3 Å². The normalized spacial score (nSPS) is 14.3. The van der Waals surface area contributed by atoms with Gasteiger partial charge in [0.25, 0.3) is 0 Å². The Morgan fingerprint density at radius 1 is 0.773 bits per heavy atom. The molecule has 0 bridgehead atoms. The average molecular weight is 305 g/mol. The summed E-state index contributed by atoms with van der Waals surface area (Å²) in [5.74, 6) is 0. The lowest BCUT2D eigenvalue weighted by atomic mass is 9.65. The second kappa shape index (κ2) is 6.00. The molecule has 0 spiro atoms. The summed E-state index contributed by atoms with van der Waals surface area (Å²) in [7, 11) is 0. The van der Waals surface area contributed by atoms with Gasteiger partial charge < -0.3 is 4.74 Å². The maximum Gasteiger partial charge on any atom is 0.0684 e. The second-order valence-electron chi connectivity index (χ2n) is 9.54. The van der Waals surface area contributed by atoms with E-state index in [4.69, 9.17) is 4.74 Å². The number of hydrogen-bond donors (Lipinski definition) is 0. The Hall–Kier alpha value is -0.820. The molecule has 1 rings (SSSR count). The highest BCUT2D eigenvalue weighted by atomic mass is 16.5. The molecule has 22 heavy (non-hydrogen) atoms. The molecule has 1 heteroatoms. The Morgan fingerprint density at radius 2 is 1.23 bits per heavy atom. The predicted octanol–water partition coefficient (Wildman–Crippen LogP) is 6.28. The minimum absolute atomic E-state index is 0.0642. The molecule has 0 aliphatic rings. The highest BCUT2D eigenvalue weighted by Gasteiger charge is 2.44. The van der Waals surface area contributed by atoms with Gasteiger partial charge in [-0.15, -0.1) is 0 Å². The molecule has 1 aromatic carbocycles. The zero-order valence-corrected chi connectivity index (χ0v) is 16.4. The minimum atomic E-state index is -0.187. The van der Waals surface area contributed by atoms with Crippen LogP contribution < -0.4 is 0 Å². The maximum atomic E-state index is 6.39. The van der Waals surface area contributed by atoms with Gasteiger partial charge in [0.1, 0.15) is 0 Å². The molecule has 0 unspecified atom stereocenters. The monoisotopic (exact) mass is 304 g/mol. The van der Waals surface area contributed by atoms with Crippen molar-refractivity contribution in [2.24, 2.45) is 5.41 Å². The van der Waals surface area contributed by atoms with Gasteiger partial charge in [-0.3, -0.25) is 0 Å². The molecule has 0 aromatic heterocycles. The van der Waals surface area contributed by atoms with E-state index in [2.05, 4.69) is 93.5 Å². The van der Waals surface area contributed by atoms with Crippen LogP contribution in [-0.2, 0) is 10.2 Å². The topological polar surface area (TPSA) is 9.23 Å². The third-order valence-corrected chi connectivity index (χ3v) is 4.91. The quantitative estimate of drug-likeness (QED) is 0.621. The smallest absolute Gasteiger partial charge is 0.0684 e. The molecule has 1 aromatic rings. The fourth-order valence-corrected chi connectivity index (χ4v) is 3.33. The average Bonchev–Trinajstić information content (AvgIpc) is 2.24. The molecule has 0 atom stereocenters. The van der Waals surface area contributed by atoms with E-state index in [9.17, 15) is 0 Å². The maximum absolute atomic E-state index is 6.39. The first-order valence-corrected chi connectivity index (χ1v) is 8.44. The van der Waals surface area contributed by atoms with E-state index in [-0.39, 0.29) is 22.0 Å². The van der Waals surface area contributed by atoms with Crippen molar-refractivity contribution in [1.82, 2.24) is 0 Å². The molecule has 126 valence electrons. The van der Waals surface area contributed by atoms with Gasteiger partial charge in [0.05, 0.1) is 11.2 Å². The zero-order valence-electron chi connectivity index (χ0n) is 16.4. The van der Waals surface area contributed by atoms with E-state index in [1.807, 2.05) is 0 Å². The first-order chi connectivity index (χ1) is 9.66. The molecule has 0 aliphatic carbocycles. The molecule has 0 N–H and O–H groups in total. The van der Waals surface area contributed by atoms with Crippen LogP contribution in [0.1, 0.15) is 79.9 Å². The Morgan fingerprint density at radius 3 is 1.64 bits per heavy atom. The van der Waals surface area contributed by atoms with Crippen molar-refractivity contribution in [3.63, 3.8) is 0 Å². The van der Waals surface area contributed by atoms with Gasteiger partial charge in [-0.05, 0) is 64.4 Å². The predicted molar refractivity (Wildman–Crippen MR) is 97.5 cm³/mol. The van der Waals surface area contributed by atoms with Crippen LogP contribution >= 0.6 is 0 Å². The molecule has 0 heterocycles. The van der Waals surface area contributed by atoms with E-state index in [0.29, 0.717) is 0 Å². The van der Waals surface area contributed by atoms with Crippen molar-refractivity contribution < 1.29 is 4.74 Å². The van der Waals surface area contributed by atoms with Crippen molar-refractivity contribution in [3.05, 3.63) is 35.4 Å². The highest BCUT2D eigenvalue weighted by Crippen LogP contribution is 2.45. The summed E-state index contributed by atoms with van der Waals surface area (Å²) < 4.78 is 6.39. The third-order valence-electron chi connectivity index (χ3n) is 4.91. The fourth-order valence-electron chi connectivity index (χ4n) is 3.33. The summed E-state index contributed by atoms with van der Waals surface area (Å²) in [5.41, 5.74) is 2.58. The third kappa shape index (κ3) is 4.84. The van der Waals surface area contributed by atoms with Crippen LogP contribution in [0.5, 0.6) is 0 Å². The molecular formula is C21H36O. The van der Waals surface area contributed by atoms with Crippen molar-refractivity contribution in [1.29, 1.82) is 0 Å². The summed E-state index contributed by atoms with van der Waals surface area (Å²) in [4.78, 5) is 0. The van der Waals surface area contributed by atoms with Gasteiger partial charge in [-0.1, -0.05) is 57.5 Å². The van der Waals surface area contributed by atoms with Crippen molar-refractivity contribution in [2.45, 2.75) is 92.3 Å². The van der Waals surface area contributed by atoms with Gasteiger partial charge in [-0.25, -0.2) is 0 Å². The van der Waals surface area contributed by atoms with Crippen LogP contribution in [0.25, 0.3) is 0 Å². The van der Waals surface area contributed by atoms with Crippen LogP contribution in [-0.4, -0.2) is 11.2 Å². The molecule has 0 fully saturated rings. The van der Waals surface area contributed by atoms with E-state index in [1.54, 1.807) is 0 Å². The van der Waals surface area contributed by atoms with Gasteiger partial charge in [-0.2, -0.15) is 0 Å². The van der Waals surface area contributed by atoms with Gasteiger partial charge >= 0.3 is 0 Å². The molecule has 0 saturated carbocycles. The summed E-state index contributed by atoms with van der Waals surface area (Å²) in [6, 6.07) is 8.95. The number of aryl methyl sites for hydroxylation is 1. The molecule has 0 amide bonds. The highest BCUT2D eigenvalue weighted by molar-refractivity contribution is 5.28. The van der Waals surface area contributed by atoms with E-state index in [1.165, 1.54) is 11.1 Å². The van der Waals surface area contributed by atoms with Crippen molar-refractivity contribution in [3.8, 4) is 0 Å². The minimum Gasteiger partial charge on any atom is -0.369 e. The first-order valence-electron chi connectivity index (χ1n) is 8.44. The Balaban J connectivity index is 3.01. The number of hydrogen-bond acceptors (Lipinski definition) is 1. The zero-order chi connectivity index (χ0) is 17.4. The number of ether oxygens (including phenoxy) is 1. The molecule has 1 nitrogen and oxygen atoms in total. The standard InChI is InChI=1S/C21H36O/c1-16-11-13-17(14-12-16)19(5,6)15-20(7,8)21(9,10)22-18(2,3)4/h11-14H,15H2,1-10H3. The van der Waals surface area contributed by atoms with Crippen LogP contribution in [0.15, 0.2) is 24.3 Å². The van der Waals surface area contributed by atoms with Crippen molar-refractivity contribution in [2.75, 3.05) is 0 Å². The molecule has 0 radical (unpaired) electrons. The van der Waals surface area contributed by atoms with Crippen LogP contribution in [0.2, 0.25) is 0 Å². The van der Waals surface area contributed by atoms with E-state index >= 15 is 0 Å². The fraction of sp³-hybridized carbons (Fsp3) is 0.714. The Bertz CT molecular complexity index is 484. The summed E-state index contributed by atoms with van der Waals surface area (Å²) >= 11 is 0. The number of rotatable bonds is 5. The van der Waals surface area contributed by atoms with Crippen LogP contribution in [0.4, 0.5) is 0 Å². The lowest BCUT2D eigenvalue weighted by molar-refractivity contribution is -0.172. The molecule has 0 saturated heterocycles. The number of benzene rings is 1. The summed E-state index contributed by atoms with van der Waals surface area (Å²) in [6.45, 7) is 22.3. The SMILES string of the molecule is Cc1ccc(C(C)(C)CC(C)(C)C(C)(C)OC(C)(C)C)cc1. The lowest BCUT2D eigenvalue weighted by Crippen LogP contribution is -2.48. The largest absolute Gasteiger partial charge is 0.369 e. The molecular weight excluding hydrogens is 268 g/mol. The van der Waals surface area contributed by atoms with Gasteiger partial charge in [0, 0.05) is 0 Å². The van der Waals surface area contributed by atoms with Gasteiger partial charge in [0.15, 0.2) is 0 Å². The van der Waals surface area contributed by atoms with Crippen LogP contribution in [0.3, 0.4) is 0 Å². The summed E-state index contributed by atoms with van der Waals surface area (Å²) in [6.07, 6.45) is 1.08. The summed E-state index contributed by atoms with van der Waals surface area (Å²) in [5, 5.41) is 0. The van der Waals surface area contributed by atoms with Gasteiger partial charge in [0.2, 0.25) is 0 Å². The second-order valence-corrected chi connectivity index (χ2v) is 9.54. The Labute approximate surface area is 138 Å². The first kappa shape index (κ1) is 19.2.